The first kappa shape index (κ1) is 85.7. The van der Waals surface area contributed by atoms with Gasteiger partial charge in [-0.25, -0.2) is 0 Å². The van der Waals surface area contributed by atoms with Crippen LogP contribution < -0.4 is 64.2 Å². The number of aliphatic carboxylic acids is 1. The molecule has 6 atom stereocenters. The van der Waals surface area contributed by atoms with E-state index in [9.17, 15) is 67.4 Å². The van der Waals surface area contributed by atoms with Crippen molar-refractivity contribution in [2.75, 3.05) is 163 Å². The Morgan fingerprint density at radius 3 is 1.57 bits per heavy atom. The third-order valence-corrected chi connectivity index (χ3v) is 13.9. The molecule has 1 rings (SSSR count). The largest absolute Gasteiger partial charge is 0.481 e. The van der Waals surface area contributed by atoms with Gasteiger partial charge in [-0.1, -0.05) is 30.3 Å². The fraction of sp³-hybridized carbons (Fsp3) is 0.672. The summed E-state index contributed by atoms with van der Waals surface area (Å²) in [6.45, 7) is 2.11. The first-order chi connectivity index (χ1) is 45.6. The monoisotopic (exact) mass is 1390 g/mol. The molecule has 1 aromatic carbocycles. The van der Waals surface area contributed by atoms with E-state index in [-0.39, 0.29) is 95.7 Å². The van der Waals surface area contributed by atoms with Crippen molar-refractivity contribution in [3.05, 3.63) is 35.9 Å². The van der Waals surface area contributed by atoms with Crippen LogP contribution in [0.3, 0.4) is 0 Å². The quantitative estimate of drug-likeness (QED) is 0.0213. The van der Waals surface area contributed by atoms with Gasteiger partial charge in [-0.2, -0.15) is 24.4 Å². The van der Waals surface area contributed by atoms with Gasteiger partial charge in [-0.15, -0.1) is 0 Å². The summed E-state index contributed by atoms with van der Waals surface area (Å²) in [4.78, 5) is 168. The number of nitrogens with one attached hydrogen (secondary N) is 11. The molecule has 0 heterocycles. The lowest BCUT2D eigenvalue weighted by atomic mass is 10.0. The number of rotatable bonds is 56. The van der Waals surface area contributed by atoms with Crippen LogP contribution in [0.5, 0.6) is 0 Å². The lowest BCUT2D eigenvalue weighted by molar-refractivity contribution is -0.141. The van der Waals surface area contributed by atoms with Crippen LogP contribution in [0.25, 0.3) is 0 Å². The summed E-state index contributed by atoms with van der Waals surface area (Å²) in [5.74, 6) is -10.5. The summed E-state index contributed by atoms with van der Waals surface area (Å²) in [7, 11) is 1.43. The van der Waals surface area contributed by atoms with E-state index in [2.05, 4.69) is 71.1 Å². The molecule has 37 heteroatoms. The number of benzene rings is 1. The molecule has 0 aliphatic carbocycles. The summed E-state index contributed by atoms with van der Waals surface area (Å²) in [5.41, 5.74) is 6.34. The maximum Gasteiger partial charge on any atom is 0.305 e. The molecule has 0 aliphatic heterocycles. The number of ether oxygens (including phenoxy) is 6. The lowest BCUT2D eigenvalue weighted by Gasteiger charge is -2.29. The maximum atomic E-state index is 13.9. The van der Waals surface area contributed by atoms with Gasteiger partial charge in [0.25, 0.3) is 0 Å². The van der Waals surface area contributed by atoms with E-state index in [0.717, 1.165) is 0 Å². The molecule has 95 heavy (non-hydrogen) atoms. The molecule has 0 saturated carbocycles. The van der Waals surface area contributed by atoms with Gasteiger partial charge in [-0.05, 0) is 57.4 Å². The SMILES string of the molecule is CSCC(=O)N(C)[C@@H](CCCCNC(=O)COCC(=O)NCCOCCOCCOCCOCCOCCNC(=O)CO)C(=O)N[C@@H](CS)C(=O)N[C@@H](CCCN)C(=O)NCC(=O)N[C@@H](CC(=O)O)C(=O)N[C@@H](C)C(=O)N[C@@H](Cc1ccccc1)C(=O)NCC(=O)NCCO. The Hall–Kier alpha value is -7.33. The summed E-state index contributed by atoms with van der Waals surface area (Å²) in [5, 5.41) is 54.2. The minimum absolute atomic E-state index is 0.0318. The van der Waals surface area contributed by atoms with E-state index in [1.807, 2.05) is 0 Å². The number of unbranched alkanes of at least 4 members (excludes halogenated alkanes) is 1. The molecule has 0 aromatic heterocycles. The number of carboxylic acid groups (broad SMARTS) is 1. The number of nitrogens with zero attached hydrogens (tertiary/aromatic N) is 1. The number of aliphatic hydroxyl groups excluding tert-OH is 2. The van der Waals surface area contributed by atoms with Crippen LogP contribution in [0.1, 0.15) is 51.0 Å². The summed E-state index contributed by atoms with van der Waals surface area (Å²) in [6.07, 6.45) is 1.59. The van der Waals surface area contributed by atoms with E-state index in [1.165, 1.54) is 30.6 Å². The highest BCUT2D eigenvalue weighted by molar-refractivity contribution is 7.99. The molecule has 0 saturated heterocycles. The summed E-state index contributed by atoms with van der Waals surface area (Å²) in [6, 6.07) is 0.239. The molecule has 538 valence electrons. The van der Waals surface area contributed by atoms with Crippen LogP contribution in [-0.2, 0) is 97.2 Å². The highest BCUT2D eigenvalue weighted by Gasteiger charge is 2.33. The van der Waals surface area contributed by atoms with Crippen LogP contribution in [0.2, 0.25) is 0 Å². The Bertz CT molecular complexity index is 2500. The predicted molar refractivity (Wildman–Crippen MR) is 346 cm³/mol. The molecule has 12 amide bonds. The second-order valence-electron chi connectivity index (χ2n) is 20.7. The molecule has 0 spiro atoms. The molecule has 1 aromatic rings. The summed E-state index contributed by atoms with van der Waals surface area (Å²) >= 11 is 5.48. The van der Waals surface area contributed by atoms with Crippen LogP contribution in [0.4, 0.5) is 0 Å². The normalized spacial score (nSPS) is 12.8. The number of hydrogen-bond acceptors (Lipinski definition) is 24. The molecule has 0 radical (unpaired) electrons. The number of amides is 12. The second-order valence-corrected chi connectivity index (χ2v) is 21.9. The Kier molecular flexibility index (Phi) is 48.6. The molecule has 0 aliphatic rings. The van der Waals surface area contributed by atoms with Crippen molar-refractivity contribution >= 4 is 101 Å². The van der Waals surface area contributed by atoms with Gasteiger partial charge in [0.1, 0.15) is 56.1 Å². The van der Waals surface area contributed by atoms with E-state index < -0.39 is 140 Å². The fourth-order valence-corrected chi connectivity index (χ4v) is 8.73. The van der Waals surface area contributed by atoms with Gasteiger partial charge >= 0.3 is 5.97 Å². The van der Waals surface area contributed by atoms with Crippen molar-refractivity contribution in [1.82, 2.24) is 63.4 Å². The first-order valence-corrected chi connectivity index (χ1v) is 32.8. The Morgan fingerprint density at radius 1 is 0.526 bits per heavy atom. The Balaban J connectivity index is 2.66. The minimum atomic E-state index is -1.79. The van der Waals surface area contributed by atoms with Gasteiger partial charge in [0.2, 0.25) is 70.9 Å². The van der Waals surface area contributed by atoms with Crippen molar-refractivity contribution in [1.29, 1.82) is 0 Å². The van der Waals surface area contributed by atoms with Gasteiger partial charge in [0.15, 0.2) is 0 Å². The number of carbonyl (C=O) groups is 13. The van der Waals surface area contributed by atoms with E-state index in [0.29, 0.717) is 77.8 Å². The second kappa shape index (κ2) is 53.9. The van der Waals surface area contributed by atoms with Crippen LogP contribution in [-0.4, -0.2) is 296 Å². The smallest absolute Gasteiger partial charge is 0.305 e. The number of thiol groups is 1. The fourth-order valence-electron chi connectivity index (χ4n) is 8.02. The molecule has 35 nitrogen and oxygen atoms in total. The van der Waals surface area contributed by atoms with Crippen molar-refractivity contribution < 1.29 is 106 Å². The standard InChI is InChI=1S/C58H97N13O22S2/c1-39(53(82)69-42(30-40-10-5-4-6-11-40)55(84)64-32-46(74)61-16-19-72)66-56(85)43(31-52(80)81)67-47(75)33-65-54(83)41(12-9-14-59)68-57(86)44(37-94)70-58(87)45(71(2)51(79)38-95-3)13-7-8-15-60-49(77)35-93-36-50(78)63-18-21-89-23-25-91-27-29-92-28-26-90-24-22-88-20-17-62-48(76)34-73/h4-6,10-11,39,41-45,72-73,94H,7-9,12-38,59H2,1-3H3,(H,60,77)(H,61,74)(H,62,76)(H,63,78)(H,64,84)(H,65,83)(H,66,85)(H,67,75)(H,68,86)(H,69,82)(H,70,87)(H,80,81)/t39-,41-,42-,43-,44-,45-/m0/s1. The number of thioether (sulfide) groups is 1. The van der Waals surface area contributed by atoms with Gasteiger partial charge in [0, 0.05) is 45.4 Å². The Morgan fingerprint density at radius 2 is 1.03 bits per heavy atom. The first-order valence-electron chi connectivity index (χ1n) is 30.7. The maximum absolute atomic E-state index is 13.9. The molecule has 16 N–H and O–H groups in total. The van der Waals surface area contributed by atoms with Crippen molar-refractivity contribution in [3.8, 4) is 0 Å². The molecule has 0 unspecified atom stereocenters. The van der Waals surface area contributed by atoms with Crippen LogP contribution in [0.15, 0.2) is 30.3 Å². The third-order valence-electron chi connectivity index (χ3n) is 13.0. The van der Waals surface area contributed by atoms with E-state index in [4.69, 9.17) is 44.4 Å². The highest BCUT2D eigenvalue weighted by atomic mass is 32.2. The number of carbonyl (C=O) groups excluding carboxylic acids is 12. The van der Waals surface area contributed by atoms with Gasteiger partial charge < -0.3 is 113 Å². The van der Waals surface area contributed by atoms with Crippen LogP contribution in [0, 0.1) is 0 Å². The number of aliphatic hydroxyl groups is 2. The number of nitrogens with two attached hydrogens (primary N) is 1. The minimum Gasteiger partial charge on any atom is -0.481 e. The molecular formula is C58H97N13O22S2. The highest BCUT2D eigenvalue weighted by Crippen LogP contribution is 2.12. The van der Waals surface area contributed by atoms with Crippen molar-refractivity contribution in [2.45, 2.75) is 88.1 Å². The Labute approximate surface area is 561 Å². The van der Waals surface area contributed by atoms with E-state index >= 15 is 0 Å². The average molecular weight is 1390 g/mol. The lowest BCUT2D eigenvalue weighted by Crippen LogP contribution is -2.58. The molecular weight excluding hydrogens is 1290 g/mol. The van der Waals surface area contributed by atoms with Gasteiger partial charge in [-0.3, -0.25) is 62.3 Å². The topological polar surface area (TPSA) is 500 Å². The summed E-state index contributed by atoms with van der Waals surface area (Å²) < 4.78 is 32.2. The zero-order chi connectivity index (χ0) is 70.6. The van der Waals surface area contributed by atoms with Crippen molar-refractivity contribution in [3.63, 3.8) is 0 Å². The van der Waals surface area contributed by atoms with Gasteiger partial charge in [0.05, 0.1) is 97.9 Å². The third kappa shape index (κ3) is 42.0. The number of likely N-dealkylation sites (N-methyl/N-ethyl adjacent to an activating group) is 1. The van der Waals surface area contributed by atoms with E-state index in [1.54, 1.807) is 36.6 Å². The predicted octanol–water partition coefficient (Wildman–Crippen LogP) is -7.04. The van der Waals surface area contributed by atoms with Crippen LogP contribution >= 0.6 is 24.4 Å². The average Bonchev–Trinajstić information content (AvgIpc) is 1.02. The zero-order valence-corrected chi connectivity index (χ0v) is 55.8. The molecule has 0 fully saturated rings. The number of hydrogen-bond donors (Lipinski definition) is 16. The number of carboxylic acids is 1. The molecule has 0 bridgehead atoms. The zero-order valence-electron chi connectivity index (χ0n) is 54.0. The van der Waals surface area contributed by atoms with Crippen molar-refractivity contribution in [2.24, 2.45) is 5.73 Å².